The molecule has 0 bridgehead atoms. The normalized spacial score (nSPS) is 12.7. The van der Waals surface area contributed by atoms with Gasteiger partial charge in [-0.1, -0.05) is 29.8 Å². The zero-order valence-electron chi connectivity index (χ0n) is 9.71. The SMILES string of the molecule is CNC(Cc1ccccc1F)c1cc(Br)c(Cl)s1. The first-order chi connectivity index (χ1) is 8.61. The molecular formula is C13H12BrClFNS. The average Bonchev–Trinajstić information content (AvgIpc) is 2.68. The van der Waals surface area contributed by atoms with E-state index in [-0.39, 0.29) is 11.9 Å². The topological polar surface area (TPSA) is 12.0 Å². The fourth-order valence-electron chi connectivity index (χ4n) is 1.76. The molecule has 1 atom stereocenters. The summed E-state index contributed by atoms with van der Waals surface area (Å²) in [7, 11) is 1.87. The van der Waals surface area contributed by atoms with Crippen LogP contribution in [0.4, 0.5) is 4.39 Å². The third-order valence-electron chi connectivity index (χ3n) is 2.74. The summed E-state index contributed by atoms with van der Waals surface area (Å²) in [5.41, 5.74) is 0.706. The third kappa shape index (κ3) is 3.12. The van der Waals surface area contributed by atoms with Crippen LogP contribution in [0.1, 0.15) is 16.5 Å². The monoisotopic (exact) mass is 347 g/mol. The minimum absolute atomic E-state index is 0.0655. The zero-order chi connectivity index (χ0) is 13.1. The fraction of sp³-hybridized carbons (Fsp3) is 0.231. The van der Waals surface area contributed by atoms with Crippen molar-refractivity contribution in [2.75, 3.05) is 7.05 Å². The van der Waals surface area contributed by atoms with Gasteiger partial charge in [0.15, 0.2) is 0 Å². The molecule has 18 heavy (non-hydrogen) atoms. The van der Waals surface area contributed by atoms with E-state index >= 15 is 0 Å². The van der Waals surface area contributed by atoms with Crippen LogP contribution in [0.5, 0.6) is 0 Å². The molecule has 1 aromatic heterocycles. The lowest BCUT2D eigenvalue weighted by molar-refractivity contribution is 0.560. The second-order valence-corrected chi connectivity index (χ2v) is 6.45. The Bertz CT molecular complexity index is 524. The van der Waals surface area contributed by atoms with E-state index in [0.717, 1.165) is 13.7 Å². The third-order valence-corrected chi connectivity index (χ3v) is 5.33. The molecule has 1 heterocycles. The van der Waals surface area contributed by atoms with Crippen molar-refractivity contribution < 1.29 is 4.39 Å². The van der Waals surface area contributed by atoms with Crippen molar-refractivity contribution in [1.82, 2.24) is 5.32 Å². The number of hydrogen-bond donors (Lipinski definition) is 1. The summed E-state index contributed by atoms with van der Waals surface area (Å²) in [4.78, 5) is 1.10. The Labute approximate surface area is 123 Å². The van der Waals surface area contributed by atoms with Gasteiger partial charge < -0.3 is 5.32 Å². The van der Waals surface area contributed by atoms with Gasteiger partial charge in [-0.05, 0) is 47.1 Å². The van der Waals surface area contributed by atoms with Crippen molar-refractivity contribution in [1.29, 1.82) is 0 Å². The van der Waals surface area contributed by atoms with Crippen LogP contribution in [0.2, 0.25) is 4.34 Å². The highest BCUT2D eigenvalue weighted by atomic mass is 79.9. The van der Waals surface area contributed by atoms with Gasteiger partial charge in [0.05, 0.1) is 0 Å². The van der Waals surface area contributed by atoms with Crippen molar-refractivity contribution in [3.05, 3.63) is 55.4 Å². The van der Waals surface area contributed by atoms with Crippen LogP contribution in [0, 0.1) is 5.82 Å². The van der Waals surface area contributed by atoms with Gasteiger partial charge in [-0.3, -0.25) is 0 Å². The number of thiophene rings is 1. The fourth-order valence-corrected chi connectivity index (χ4v) is 3.61. The van der Waals surface area contributed by atoms with E-state index in [9.17, 15) is 4.39 Å². The molecule has 0 radical (unpaired) electrons. The summed E-state index contributed by atoms with van der Waals surface area (Å²) in [6.07, 6.45) is 0.604. The second kappa shape index (κ2) is 6.15. The number of rotatable bonds is 4. The number of halogens is 3. The Morgan fingerprint density at radius 2 is 2.17 bits per heavy atom. The van der Waals surface area contributed by atoms with Crippen molar-refractivity contribution in [3.63, 3.8) is 0 Å². The van der Waals surface area contributed by atoms with Crippen LogP contribution in [0.15, 0.2) is 34.8 Å². The maximum Gasteiger partial charge on any atom is 0.126 e. The van der Waals surface area contributed by atoms with Crippen molar-refractivity contribution in [2.45, 2.75) is 12.5 Å². The van der Waals surface area contributed by atoms with Gasteiger partial charge in [0, 0.05) is 15.4 Å². The Kier molecular flexibility index (Phi) is 4.78. The molecule has 0 fully saturated rings. The quantitative estimate of drug-likeness (QED) is 0.836. The first-order valence-corrected chi connectivity index (χ1v) is 7.46. The summed E-state index contributed by atoms with van der Waals surface area (Å²) in [6, 6.07) is 8.89. The molecule has 2 aromatic rings. The second-order valence-electron chi connectivity index (χ2n) is 3.91. The predicted octanol–water partition coefficient (Wildman–Crippen LogP) is 4.81. The molecule has 0 aliphatic carbocycles. The minimum Gasteiger partial charge on any atom is -0.312 e. The van der Waals surface area contributed by atoms with E-state index < -0.39 is 0 Å². The Balaban J connectivity index is 2.22. The maximum absolute atomic E-state index is 13.6. The molecule has 1 aromatic carbocycles. The van der Waals surface area contributed by atoms with E-state index in [1.807, 2.05) is 25.2 Å². The van der Waals surface area contributed by atoms with Gasteiger partial charge in [0.1, 0.15) is 10.2 Å². The molecule has 0 saturated carbocycles. The van der Waals surface area contributed by atoms with E-state index in [4.69, 9.17) is 11.6 Å². The summed E-state index contributed by atoms with van der Waals surface area (Å²) in [5.74, 6) is -0.167. The molecule has 0 saturated heterocycles. The van der Waals surface area contributed by atoms with Crippen molar-refractivity contribution >= 4 is 38.9 Å². The number of nitrogens with one attached hydrogen (secondary N) is 1. The average molecular weight is 349 g/mol. The largest absolute Gasteiger partial charge is 0.312 e. The molecule has 1 N–H and O–H groups in total. The highest BCUT2D eigenvalue weighted by Gasteiger charge is 2.16. The van der Waals surface area contributed by atoms with Crippen LogP contribution in [-0.2, 0) is 6.42 Å². The molecule has 1 unspecified atom stereocenters. The maximum atomic E-state index is 13.6. The molecular weight excluding hydrogens is 337 g/mol. The minimum atomic E-state index is -0.167. The molecule has 1 nitrogen and oxygen atoms in total. The summed E-state index contributed by atoms with van der Waals surface area (Å²) < 4.78 is 15.2. The lowest BCUT2D eigenvalue weighted by atomic mass is 10.0. The van der Waals surface area contributed by atoms with Gasteiger partial charge >= 0.3 is 0 Å². The predicted molar refractivity (Wildman–Crippen MR) is 78.9 cm³/mol. The van der Waals surface area contributed by atoms with Crippen LogP contribution in [0.25, 0.3) is 0 Å². The first-order valence-electron chi connectivity index (χ1n) is 5.47. The Hall–Kier alpha value is -0.420. The van der Waals surface area contributed by atoms with Crippen molar-refractivity contribution in [3.8, 4) is 0 Å². The molecule has 0 amide bonds. The van der Waals surface area contributed by atoms with Crippen LogP contribution in [0.3, 0.4) is 0 Å². The standard InChI is InChI=1S/C13H12BrClFNS/c1-17-11(12-7-9(14)13(15)18-12)6-8-4-2-3-5-10(8)16/h2-5,7,11,17H,6H2,1H3. The van der Waals surface area contributed by atoms with Gasteiger partial charge in [-0.2, -0.15) is 0 Å². The molecule has 0 aliphatic heterocycles. The highest BCUT2D eigenvalue weighted by Crippen LogP contribution is 2.36. The lowest BCUT2D eigenvalue weighted by Crippen LogP contribution is -2.18. The molecule has 2 rings (SSSR count). The summed E-state index contributed by atoms with van der Waals surface area (Å²) in [6.45, 7) is 0. The van der Waals surface area contributed by atoms with Crippen LogP contribution in [-0.4, -0.2) is 7.05 Å². The molecule has 0 spiro atoms. The molecule has 0 aliphatic rings. The van der Waals surface area contributed by atoms with Crippen molar-refractivity contribution in [2.24, 2.45) is 0 Å². The van der Waals surface area contributed by atoms with E-state index in [2.05, 4.69) is 21.2 Å². The van der Waals surface area contributed by atoms with Crippen LogP contribution < -0.4 is 5.32 Å². The lowest BCUT2D eigenvalue weighted by Gasteiger charge is -2.14. The van der Waals surface area contributed by atoms with Gasteiger partial charge in [0.2, 0.25) is 0 Å². The first kappa shape index (κ1) is 14.0. The van der Waals surface area contributed by atoms with E-state index in [1.54, 1.807) is 6.07 Å². The summed E-state index contributed by atoms with van der Waals surface area (Å²) in [5, 5.41) is 3.20. The summed E-state index contributed by atoms with van der Waals surface area (Å²) >= 11 is 10.9. The van der Waals surface area contributed by atoms with Gasteiger partial charge in [-0.25, -0.2) is 4.39 Å². The molecule has 96 valence electrons. The Morgan fingerprint density at radius 3 is 2.72 bits per heavy atom. The number of benzene rings is 1. The Morgan fingerprint density at radius 1 is 1.44 bits per heavy atom. The highest BCUT2D eigenvalue weighted by molar-refractivity contribution is 9.10. The molecule has 5 heteroatoms. The van der Waals surface area contributed by atoms with Crippen LogP contribution >= 0.6 is 38.9 Å². The zero-order valence-corrected chi connectivity index (χ0v) is 12.9. The number of likely N-dealkylation sites (N-methyl/N-ethyl adjacent to an activating group) is 1. The smallest absolute Gasteiger partial charge is 0.126 e. The van der Waals surface area contributed by atoms with E-state index in [1.165, 1.54) is 17.4 Å². The van der Waals surface area contributed by atoms with Gasteiger partial charge in [-0.15, -0.1) is 11.3 Å². The van der Waals surface area contributed by atoms with Gasteiger partial charge in [0.25, 0.3) is 0 Å². The number of hydrogen-bond acceptors (Lipinski definition) is 2. The van der Waals surface area contributed by atoms with E-state index in [0.29, 0.717) is 12.0 Å².